The number of halogens is 3. The van der Waals surface area contributed by atoms with E-state index in [0.29, 0.717) is 45.3 Å². The summed E-state index contributed by atoms with van der Waals surface area (Å²) in [6.07, 6.45) is 4.23. The van der Waals surface area contributed by atoms with Crippen molar-refractivity contribution in [3.8, 4) is 11.3 Å². The fraction of sp³-hybridized carbons (Fsp3) is 0.419. The second kappa shape index (κ2) is 12.6. The first-order chi connectivity index (χ1) is 21.4. The molecule has 0 bridgehead atoms. The van der Waals surface area contributed by atoms with E-state index in [2.05, 4.69) is 15.4 Å². The van der Waals surface area contributed by atoms with Gasteiger partial charge in [0, 0.05) is 73.8 Å². The van der Waals surface area contributed by atoms with Crippen LogP contribution >= 0.6 is 23.2 Å². The summed E-state index contributed by atoms with van der Waals surface area (Å²) in [6, 6.07) is 10.9. The molecule has 2 fully saturated rings. The highest BCUT2D eigenvalue weighted by Crippen LogP contribution is 2.46. The third-order valence-corrected chi connectivity index (χ3v) is 9.81. The lowest BCUT2D eigenvalue weighted by molar-refractivity contribution is -0.00756. The van der Waals surface area contributed by atoms with Crippen molar-refractivity contribution >= 4 is 55.8 Å². The number of piperidine rings is 1. The number of benzene rings is 2. The average molecular weight is 680 g/mol. The van der Waals surface area contributed by atoms with E-state index in [1.807, 2.05) is 29.8 Å². The summed E-state index contributed by atoms with van der Waals surface area (Å²) < 4.78 is 60.3. The summed E-state index contributed by atoms with van der Waals surface area (Å²) in [5, 5.41) is 8.42. The Hall–Kier alpha value is -3.16. The van der Waals surface area contributed by atoms with Gasteiger partial charge in [-0.1, -0.05) is 34.4 Å². The molecule has 240 valence electrons. The van der Waals surface area contributed by atoms with Gasteiger partial charge >= 0.3 is 0 Å². The molecule has 0 unspecified atom stereocenters. The molecular formula is C31H33Cl2FN4O6S. The van der Waals surface area contributed by atoms with Crippen LogP contribution in [0.1, 0.15) is 53.3 Å². The molecule has 0 atom stereocenters. The summed E-state index contributed by atoms with van der Waals surface area (Å²) in [5.41, 5.74) is 2.48. The van der Waals surface area contributed by atoms with Gasteiger partial charge in [-0.25, -0.2) is 4.39 Å². The molecule has 0 radical (unpaired) electrons. The van der Waals surface area contributed by atoms with Crippen LogP contribution in [0.25, 0.3) is 22.2 Å². The quantitative estimate of drug-likeness (QED) is 0.181. The third kappa shape index (κ3) is 7.00. The predicted octanol–water partition coefficient (Wildman–Crippen LogP) is 6.16. The van der Waals surface area contributed by atoms with Gasteiger partial charge in [0.2, 0.25) is 0 Å². The van der Waals surface area contributed by atoms with E-state index in [9.17, 15) is 13.2 Å². The van der Waals surface area contributed by atoms with Gasteiger partial charge in [0.15, 0.2) is 0 Å². The molecule has 3 heterocycles. The number of hydrogen-bond acceptors (Lipinski definition) is 7. The SMILES string of the molecule is Cn1cc(C(=O)NCCS(=O)(=O)O)c2ccc(N3CCC(F)(COCc4c(-c5c(Cl)cccc5Cl)noc4C4CC4)CC3)cc21. The summed E-state index contributed by atoms with van der Waals surface area (Å²) in [6.45, 7) is 0.835. The number of carbonyl (C=O) groups is 1. The van der Waals surface area contributed by atoms with Gasteiger partial charge in [0.05, 0.1) is 40.1 Å². The number of nitrogens with zero attached hydrogens (tertiary/aromatic N) is 3. The summed E-state index contributed by atoms with van der Waals surface area (Å²) in [7, 11) is -2.36. The monoisotopic (exact) mass is 678 g/mol. The fourth-order valence-electron chi connectivity index (χ4n) is 5.83. The molecule has 2 N–H and O–H groups in total. The zero-order valence-electron chi connectivity index (χ0n) is 24.6. The highest BCUT2D eigenvalue weighted by atomic mass is 35.5. The maximum absolute atomic E-state index is 16.0. The van der Waals surface area contributed by atoms with E-state index in [1.54, 1.807) is 24.4 Å². The zero-order valence-corrected chi connectivity index (χ0v) is 26.9. The minimum Gasteiger partial charge on any atom is -0.373 e. The Morgan fingerprint density at radius 2 is 1.91 bits per heavy atom. The van der Waals surface area contributed by atoms with Gasteiger partial charge in [-0.3, -0.25) is 9.35 Å². The molecule has 1 aliphatic heterocycles. The highest BCUT2D eigenvalue weighted by Gasteiger charge is 2.37. The molecule has 0 spiro atoms. The number of amides is 1. The molecule has 1 saturated heterocycles. The number of anilines is 1. The lowest BCUT2D eigenvalue weighted by Crippen LogP contribution is -2.44. The van der Waals surface area contributed by atoms with E-state index in [0.717, 1.165) is 35.4 Å². The summed E-state index contributed by atoms with van der Waals surface area (Å²) in [4.78, 5) is 14.8. The third-order valence-electron chi connectivity index (χ3n) is 8.46. The van der Waals surface area contributed by atoms with Crippen LogP contribution in [-0.4, -0.2) is 66.3 Å². The lowest BCUT2D eigenvalue weighted by Gasteiger charge is -2.37. The molecule has 10 nitrogen and oxygen atoms in total. The second-order valence-electron chi connectivity index (χ2n) is 11.8. The van der Waals surface area contributed by atoms with E-state index in [1.165, 1.54) is 0 Å². The first-order valence-electron chi connectivity index (χ1n) is 14.7. The van der Waals surface area contributed by atoms with Crippen LogP contribution in [0.2, 0.25) is 10.0 Å². The first kappa shape index (κ1) is 31.8. The van der Waals surface area contributed by atoms with Crippen molar-refractivity contribution in [1.29, 1.82) is 0 Å². The minimum absolute atomic E-state index is 0.0707. The van der Waals surface area contributed by atoms with E-state index >= 15 is 4.39 Å². The number of carbonyl (C=O) groups excluding carboxylic acids is 1. The van der Waals surface area contributed by atoms with Crippen molar-refractivity contribution in [2.24, 2.45) is 7.05 Å². The zero-order chi connectivity index (χ0) is 31.9. The van der Waals surface area contributed by atoms with Crippen LogP contribution in [0.15, 0.2) is 47.1 Å². The molecule has 1 aliphatic carbocycles. The minimum atomic E-state index is -4.17. The van der Waals surface area contributed by atoms with Crippen LogP contribution in [0.5, 0.6) is 0 Å². The van der Waals surface area contributed by atoms with Crippen molar-refractivity contribution in [2.45, 2.75) is 43.9 Å². The average Bonchev–Trinajstić information content (AvgIpc) is 3.67. The topological polar surface area (TPSA) is 127 Å². The molecular weight excluding hydrogens is 646 g/mol. The number of alkyl halides is 1. The number of aromatic nitrogens is 2. The molecule has 4 aromatic rings. The first-order valence-corrected chi connectivity index (χ1v) is 17.1. The van der Waals surface area contributed by atoms with Crippen molar-refractivity contribution in [1.82, 2.24) is 15.0 Å². The molecule has 2 aliphatic rings. The molecule has 2 aromatic heterocycles. The number of fused-ring (bicyclic) bond motifs is 1. The number of ether oxygens (including phenoxy) is 1. The van der Waals surface area contributed by atoms with Crippen LogP contribution in [0, 0.1) is 0 Å². The van der Waals surface area contributed by atoms with Crippen molar-refractivity contribution < 1.29 is 31.4 Å². The molecule has 2 aromatic carbocycles. The van der Waals surface area contributed by atoms with Gasteiger partial charge in [0.1, 0.15) is 17.1 Å². The Morgan fingerprint density at radius 1 is 1.20 bits per heavy atom. The van der Waals surface area contributed by atoms with Crippen LogP contribution in [-0.2, 0) is 28.5 Å². The van der Waals surface area contributed by atoms with E-state index in [-0.39, 0.29) is 38.5 Å². The molecule has 6 rings (SSSR count). The Labute approximate surface area is 270 Å². The van der Waals surface area contributed by atoms with E-state index < -0.39 is 27.4 Å². The molecule has 1 amide bonds. The van der Waals surface area contributed by atoms with Gasteiger partial charge in [-0.2, -0.15) is 8.42 Å². The number of hydrogen-bond donors (Lipinski definition) is 2. The summed E-state index contributed by atoms with van der Waals surface area (Å²) >= 11 is 12.9. The van der Waals surface area contributed by atoms with Crippen molar-refractivity contribution in [3.05, 3.63) is 69.5 Å². The predicted molar refractivity (Wildman–Crippen MR) is 171 cm³/mol. The van der Waals surface area contributed by atoms with Crippen molar-refractivity contribution in [2.75, 3.05) is 36.9 Å². The van der Waals surface area contributed by atoms with Crippen LogP contribution in [0.3, 0.4) is 0 Å². The normalized spacial score (nSPS) is 16.8. The molecule has 45 heavy (non-hydrogen) atoms. The second-order valence-corrected chi connectivity index (χ2v) is 14.2. The molecule has 14 heteroatoms. The smallest absolute Gasteiger partial charge is 0.266 e. The number of aryl methyl sites for hydroxylation is 1. The van der Waals surface area contributed by atoms with Gasteiger partial charge in [-0.15, -0.1) is 0 Å². The standard InChI is InChI=1S/C31H33Cl2FN4O6S/c1-37-16-22(30(39)35-11-14-45(40,41)42)21-8-7-20(15-26(21)37)38-12-9-31(34,10-13-38)18-43-17-23-28(36-44-29(23)19-5-6-19)27-24(32)3-2-4-25(27)33/h2-4,7-8,15-16,19H,5-6,9-14,17-18H2,1H3,(H,35,39)(H,40,41,42). The molecule has 1 saturated carbocycles. The Kier molecular flexibility index (Phi) is 8.88. The van der Waals surface area contributed by atoms with Gasteiger partial charge in [-0.05, 0) is 43.2 Å². The lowest BCUT2D eigenvalue weighted by atomic mass is 9.93. The van der Waals surface area contributed by atoms with Gasteiger partial charge in [0.25, 0.3) is 16.0 Å². The van der Waals surface area contributed by atoms with Crippen molar-refractivity contribution in [3.63, 3.8) is 0 Å². The maximum Gasteiger partial charge on any atom is 0.266 e. The largest absolute Gasteiger partial charge is 0.373 e. The fourth-order valence-corrected chi connectivity index (χ4v) is 6.77. The number of nitrogens with one attached hydrogen (secondary N) is 1. The Bertz CT molecular complexity index is 1830. The maximum atomic E-state index is 16.0. The Balaban J connectivity index is 1.09. The summed E-state index contributed by atoms with van der Waals surface area (Å²) in [5.74, 6) is 0.0172. The number of rotatable bonds is 11. The van der Waals surface area contributed by atoms with Crippen LogP contribution < -0.4 is 10.2 Å². The van der Waals surface area contributed by atoms with Gasteiger partial charge < -0.3 is 24.0 Å². The Morgan fingerprint density at radius 3 is 2.58 bits per heavy atom. The highest BCUT2D eigenvalue weighted by molar-refractivity contribution is 7.85. The van der Waals surface area contributed by atoms with E-state index in [4.69, 9.17) is 37.0 Å². The van der Waals surface area contributed by atoms with Crippen LogP contribution in [0.4, 0.5) is 10.1 Å².